The summed E-state index contributed by atoms with van der Waals surface area (Å²) in [5.74, 6) is 1.84. The van der Waals surface area contributed by atoms with Gasteiger partial charge in [0.2, 0.25) is 0 Å². The molecule has 100 valence electrons. The maximum Gasteiger partial charge on any atom is 0.123 e. The van der Waals surface area contributed by atoms with E-state index in [9.17, 15) is 0 Å². The Bertz CT molecular complexity index is 373. The summed E-state index contributed by atoms with van der Waals surface area (Å²) in [7, 11) is 1.75. The summed E-state index contributed by atoms with van der Waals surface area (Å²) in [5.41, 5.74) is 1.30. The van der Waals surface area contributed by atoms with Crippen molar-refractivity contribution in [2.45, 2.75) is 31.1 Å². The van der Waals surface area contributed by atoms with Crippen LogP contribution in [0.25, 0.3) is 0 Å². The molecule has 2 rings (SSSR count). The first-order valence-electron chi connectivity index (χ1n) is 6.69. The van der Waals surface area contributed by atoms with Crippen molar-refractivity contribution in [1.82, 2.24) is 4.90 Å². The average molecular weight is 312 g/mol. The van der Waals surface area contributed by atoms with Crippen molar-refractivity contribution in [3.05, 3.63) is 29.8 Å². The van der Waals surface area contributed by atoms with Gasteiger partial charge in [0.05, 0.1) is 7.11 Å². The second-order valence-corrected chi connectivity index (χ2v) is 6.55. The molecule has 1 fully saturated rings. The third kappa shape index (κ3) is 3.48. The van der Waals surface area contributed by atoms with E-state index in [0.29, 0.717) is 4.83 Å². The number of alkyl halides is 1. The Kier molecular flexibility index (Phi) is 5.07. The molecule has 0 amide bonds. The highest BCUT2D eigenvalue weighted by Crippen LogP contribution is 2.27. The van der Waals surface area contributed by atoms with Gasteiger partial charge in [-0.15, -0.1) is 0 Å². The molecule has 1 saturated heterocycles. The minimum atomic E-state index is 0.644. The number of rotatable bonds is 4. The van der Waals surface area contributed by atoms with Crippen molar-refractivity contribution in [1.29, 1.82) is 0 Å². The molecule has 0 aliphatic carbocycles. The van der Waals surface area contributed by atoms with Gasteiger partial charge in [-0.25, -0.2) is 0 Å². The van der Waals surface area contributed by atoms with Crippen LogP contribution in [0, 0.1) is 5.92 Å². The van der Waals surface area contributed by atoms with Gasteiger partial charge in [0.1, 0.15) is 5.75 Å². The van der Waals surface area contributed by atoms with Crippen LogP contribution in [0.1, 0.15) is 25.3 Å². The molecule has 0 N–H and O–H groups in total. The molecule has 1 heterocycles. The van der Waals surface area contributed by atoms with Crippen LogP contribution < -0.4 is 4.74 Å². The second-order valence-electron chi connectivity index (χ2n) is 5.10. The van der Waals surface area contributed by atoms with E-state index in [4.69, 9.17) is 4.74 Å². The molecule has 1 aliphatic rings. The molecule has 1 atom stereocenters. The maximum atomic E-state index is 5.41. The lowest BCUT2D eigenvalue weighted by molar-refractivity contribution is 0.176. The molecule has 0 aromatic heterocycles. The maximum absolute atomic E-state index is 5.41. The minimum absolute atomic E-state index is 0.644. The van der Waals surface area contributed by atoms with Crippen molar-refractivity contribution < 1.29 is 4.74 Å². The van der Waals surface area contributed by atoms with E-state index in [1.807, 2.05) is 12.1 Å². The zero-order valence-corrected chi connectivity index (χ0v) is 12.8. The molecular formula is C15H22BrNO. The summed E-state index contributed by atoms with van der Waals surface area (Å²) < 4.78 is 5.41. The van der Waals surface area contributed by atoms with Crippen LogP contribution in [-0.2, 0) is 6.54 Å². The van der Waals surface area contributed by atoms with E-state index in [-0.39, 0.29) is 0 Å². The number of methoxy groups -OCH3 is 1. The van der Waals surface area contributed by atoms with Crippen LogP contribution in [-0.4, -0.2) is 29.9 Å². The number of ether oxygens (including phenoxy) is 1. The highest BCUT2D eigenvalue weighted by atomic mass is 79.9. The van der Waals surface area contributed by atoms with Crippen LogP contribution in [0.15, 0.2) is 24.3 Å². The fourth-order valence-electron chi connectivity index (χ4n) is 2.64. The molecule has 1 aromatic rings. The largest absolute Gasteiger partial charge is 0.496 e. The fraction of sp³-hybridized carbons (Fsp3) is 0.600. The number of nitrogens with zero attached hydrogens (tertiary/aromatic N) is 1. The Morgan fingerprint density at radius 3 is 2.61 bits per heavy atom. The Balaban J connectivity index is 1.91. The van der Waals surface area contributed by atoms with Gasteiger partial charge in [0.15, 0.2) is 0 Å². The molecular weight excluding hydrogens is 290 g/mol. The summed E-state index contributed by atoms with van der Waals surface area (Å²) in [4.78, 5) is 3.18. The van der Waals surface area contributed by atoms with Gasteiger partial charge in [0.25, 0.3) is 0 Å². The van der Waals surface area contributed by atoms with Crippen molar-refractivity contribution in [2.24, 2.45) is 5.92 Å². The molecule has 3 heteroatoms. The van der Waals surface area contributed by atoms with Gasteiger partial charge in [-0.05, 0) is 37.9 Å². The topological polar surface area (TPSA) is 12.5 Å². The third-order valence-electron chi connectivity index (χ3n) is 3.87. The fourth-order valence-corrected chi connectivity index (χ4v) is 3.17. The van der Waals surface area contributed by atoms with Gasteiger partial charge in [0, 0.05) is 16.9 Å². The Morgan fingerprint density at radius 1 is 1.33 bits per heavy atom. The lowest BCUT2D eigenvalue weighted by Crippen LogP contribution is -2.35. The van der Waals surface area contributed by atoms with Crippen molar-refractivity contribution >= 4 is 15.9 Å². The normalized spacial score (nSPS) is 19.7. The first-order valence-corrected chi connectivity index (χ1v) is 7.60. The second kappa shape index (κ2) is 6.58. The molecule has 0 radical (unpaired) electrons. The number of benzene rings is 1. The van der Waals surface area contributed by atoms with E-state index in [1.54, 1.807) is 7.11 Å². The standard InChI is InChI=1S/C15H22BrNO/c1-12(16)13-7-9-17(10-8-13)11-14-5-3-4-6-15(14)18-2/h3-6,12-13H,7-11H2,1-2H3. The van der Waals surface area contributed by atoms with Crippen molar-refractivity contribution in [2.75, 3.05) is 20.2 Å². The van der Waals surface area contributed by atoms with E-state index in [2.05, 4.69) is 39.9 Å². The Labute approximate surface area is 118 Å². The number of halogens is 1. The average Bonchev–Trinajstić information content (AvgIpc) is 2.40. The van der Waals surface area contributed by atoms with Gasteiger partial charge >= 0.3 is 0 Å². The van der Waals surface area contributed by atoms with Crippen LogP contribution in [0.4, 0.5) is 0 Å². The van der Waals surface area contributed by atoms with Crippen molar-refractivity contribution in [3.8, 4) is 5.75 Å². The van der Waals surface area contributed by atoms with E-state index < -0.39 is 0 Å². The molecule has 0 bridgehead atoms. The van der Waals surface area contributed by atoms with Crippen LogP contribution in [0.2, 0.25) is 0 Å². The highest BCUT2D eigenvalue weighted by molar-refractivity contribution is 9.09. The van der Waals surface area contributed by atoms with Crippen LogP contribution in [0.3, 0.4) is 0 Å². The van der Waals surface area contributed by atoms with Crippen LogP contribution in [0.5, 0.6) is 5.75 Å². The van der Waals surface area contributed by atoms with Gasteiger partial charge in [-0.1, -0.05) is 41.1 Å². The zero-order valence-electron chi connectivity index (χ0n) is 11.2. The van der Waals surface area contributed by atoms with Gasteiger partial charge in [-0.2, -0.15) is 0 Å². The third-order valence-corrected chi connectivity index (χ3v) is 4.62. The Morgan fingerprint density at radius 2 is 2.00 bits per heavy atom. The minimum Gasteiger partial charge on any atom is -0.496 e. The molecule has 0 spiro atoms. The molecule has 1 aromatic carbocycles. The van der Waals surface area contributed by atoms with E-state index >= 15 is 0 Å². The molecule has 1 unspecified atom stereocenters. The smallest absolute Gasteiger partial charge is 0.123 e. The summed E-state index contributed by atoms with van der Waals surface area (Å²) in [6.45, 7) is 5.66. The SMILES string of the molecule is COc1ccccc1CN1CCC(C(C)Br)CC1. The monoisotopic (exact) mass is 311 g/mol. The molecule has 1 aliphatic heterocycles. The number of piperidine rings is 1. The predicted octanol–water partition coefficient (Wildman–Crippen LogP) is 3.69. The summed E-state index contributed by atoms with van der Waals surface area (Å²) in [6.07, 6.45) is 2.59. The first-order chi connectivity index (χ1) is 8.70. The summed E-state index contributed by atoms with van der Waals surface area (Å²) >= 11 is 3.71. The molecule has 2 nitrogen and oxygen atoms in total. The lowest BCUT2D eigenvalue weighted by atomic mass is 9.94. The van der Waals surface area contributed by atoms with E-state index in [0.717, 1.165) is 18.2 Å². The Hall–Kier alpha value is -0.540. The van der Waals surface area contributed by atoms with Gasteiger partial charge in [-0.3, -0.25) is 4.90 Å². The van der Waals surface area contributed by atoms with Gasteiger partial charge < -0.3 is 4.74 Å². The quantitative estimate of drug-likeness (QED) is 0.786. The predicted molar refractivity (Wildman–Crippen MR) is 79.4 cm³/mol. The lowest BCUT2D eigenvalue weighted by Gasteiger charge is -2.33. The first kappa shape index (κ1) is 13.9. The summed E-state index contributed by atoms with van der Waals surface area (Å²) in [5, 5.41) is 0. The number of hydrogen-bond acceptors (Lipinski definition) is 2. The number of para-hydroxylation sites is 1. The highest BCUT2D eigenvalue weighted by Gasteiger charge is 2.22. The van der Waals surface area contributed by atoms with Crippen LogP contribution >= 0.6 is 15.9 Å². The summed E-state index contributed by atoms with van der Waals surface area (Å²) in [6, 6.07) is 8.33. The van der Waals surface area contributed by atoms with E-state index in [1.165, 1.54) is 31.5 Å². The number of likely N-dealkylation sites (tertiary alicyclic amines) is 1. The van der Waals surface area contributed by atoms with Crippen molar-refractivity contribution in [3.63, 3.8) is 0 Å². The molecule has 18 heavy (non-hydrogen) atoms. The molecule has 0 saturated carbocycles. The zero-order chi connectivity index (χ0) is 13.0. The number of hydrogen-bond donors (Lipinski definition) is 0.